The van der Waals surface area contributed by atoms with Crippen LogP contribution in [-0.4, -0.2) is 23.9 Å². The van der Waals surface area contributed by atoms with E-state index in [1.54, 1.807) is 42.3 Å². The zero-order chi connectivity index (χ0) is 16.1. The number of urea groups is 1. The number of halogens is 1. The molecule has 0 radical (unpaired) electrons. The van der Waals surface area contributed by atoms with Crippen LogP contribution in [-0.2, 0) is 6.54 Å². The van der Waals surface area contributed by atoms with Gasteiger partial charge in [-0.3, -0.25) is 4.79 Å². The van der Waals surface area contributed by atoms with E-state index in [1.807, 2.05) is 18.2 Å². The number of anilines is 1. The molecule has 5 nitrogen and oxygen atoms in total. The maximum absolute atomic E-state index is 12.4. The van der Waals surface area contributed by atoms with Crippen LogP contribution in [0.15, 0.2) is 48.5 Å². The Morgan fingerprint density at radius 2 is 1.77 bits per heavy atom. The van der Waals surface area contributed by atoms with E-state index in [-0.39, 0.29) is 5.91 Å². The van der Waals surface area contributed by atoms with Gasteiger partial charge in [-0.2, -0.15) is 0 Å². The normalized spacial score (nSPS) is 10.1. The maximum Gasteiger partial charge on any atom is 0.316 e. The molecule has 0 spiro atoms. The van der Waals surface area contributed by atoms with E-state index in [4.69, 9.17) is 17.3 Å². The average Bonchev–Trinajstić information content (AvgIpc) is 2.49. The highest BCUT2D eigenvalue weighted by molar-refractivity contribution is 6.31. The van der Waals surface area contributed by atoms with Gasteiger partial charge < -0.3 is 16.0 Å². The fraction of sp³-hybridized carbons (Fsp3) is 0.125. The second kappa shape index (κ2) is 6.95. The molecule has 22 heavy (non-hydrogen) atoms. The van der Waals surface area contributed by atoms with Gasteiger partial charge in [0.1, 0.15) is 0 Å². The van der Waals surface area contributed by atoms with Crippen molar-refractivity contribution in [2.45, 2.75) is 6.54 Å². The predicted octanol–water partition coefficient (Wildman–Crippen LogP) is 3.10. The summed E-state index contributed by atoms with van der Waals surface area (Å²) in [5.74, 6) is -0.134. The smallest absolute Gasteiger partial charge is 0.316 e. The molecule has 0 aliphatic heterocycles. The topological polar surface area (TPSA) is 75.4 Å². The van der Waals surface area contributed by atoms with Crippen molar-refractivity contribution < 1.29 is 9.59 Å². The van der Waals surface area contributed by atoms with E-state index >= 15 is 0 Å². The summed E-state index contributed by atoms with van der Waals surface area (Å²) in [7, 11) is 1.71. The first-order valence-electron chi connectivity index (χ1n) is 6.63. The number of benzene rings is 2. The van der Waals surface area contributed by atoms with E-state index in [0.717, 1.165) is 5.56 Å². The molecule has 2 aromatic carbocycles. The highest BCUT2D eigenvalue weighted by Crippen LogP contribution is 2.18. The Bertz CT molecular complexity index is 686. The van der Waals surface area contributed by atoms with E-state index < -0.39 is 6.03 Å². The lowest BCUT2D eigenvalue weighted by Crippen LogP contribution is -2.26. The second-order valence-corrected chi connectivity index (χ2v) is 5.23. The summed E-state index contributed by atoms with van der Waals surface area (Å²) < 4.78 is 0. The molecule has 2 rings (SSSR count). The minimum absolute atomic E-state index is 0.134. The van der Waals surface area contributed by atoms with E-state index in [9.17, 15) is 9.59 Å². The highest BCUT2D eigenvalue weighted by Gasteiger charge is 2.13. The van der Waals surface area contributed by atoms with Crippen LogP contribution in [0.5, 0.6) is 0 Å². The lowest BCUT2D eigenvalue weighted by Gasteiger charge is -2.18. The number of nitrogens with zero attached hydrogens (tertiary/aromatic N) is 1. The number of nitrogens with two attached hydrogens (primary N) is 1. The Balaban J connectivity index is 2.07. The molecule has 3 amide bonds. The summed E-state index contributed by atoms with van der Waals surface area (Å²) in [5, 5.41) is 3.07. The first-order valence-corrected chi connectivity index (χ1v) is 7.00. The van der Waals surface area contributed by atoms with E-state index in [1.165, 1.54) is 0 Å². The number of hydrogen-bond acceptors (Lipinski definition) is 2. The molecule has 0 atom stereocenters. The van der Waals surface area contributed by atoms with Crippen molar-refractivity contribution in [3.63, 3.8) is 0 Å². The monoisotopic (exact) mass is 317 g/mol. The van der Waals surface area contributed by atoms with Crippen molar-refractivity contribution in [1.82, 2.24) is 4.90 Å². The van der Waals surface area contributed by atoms with Crippen LogP contribution in [0.3, 0.4) is 0 Å². The molecule has 0 aromatic heterocycles. The molecule has 0 aliphatic rings. The van der Waals surface area contributed by atoms with Gasteiger partial charge in [-0.15, -0.1) is 0 Å². The number of carbonyl (C=O) groups excluding carboxylic acids is 2. The van der Waals surface area contributed by atoms with E-state index in [0.29, 0.717) is 22.8 Å². The van der Waals surface area contributed by atoms with Gasteiger partial charge in [0.25, 0.3) is 5.91 Å². The molecule has 0 saturated carbocycles. The fourth-order valence-electron chi connectivity index (χ4n) is 2.01. The largest absolute Gasteiger partial charge is 0.351 e. The van der Waals surface area contributed by atoms with Crippen molar-refractivity contribution in [1.29, 1.82) is 0 Å². The minimum atomic E-state index is -0.644. The van der Waals surface area contributed by atoms with Crippen LogP contribution in [0.1, 0.15) is 15.9 Å². The molecule has 6 heteroatoms. The SMILES string of the molecule is CN(Cc1ccccc1Cl)C(=O)c1ccc(NC(N)=O)cc1. The van der Waals surface area contributed by atoms with Crippen LogP contribution in [0, 0.1) is 0 Å². The zero-order valence-corrected chi connectivity index (χ0v) is 12.8. The third-order valence-corrected chi connectivity index (χ3v) is 3.48. The van der Waals surface area contributed by atoms with Crippen LogP contribution in [0.25, 0.3) is 0 Å². The number of hydrogen-bond donors (Lipinski definition) is 2. The molecule has 114 valence electrons. The number of primary amides is 1. The Morgan fingerprint density at radius 3 is 2.36 bits per heavy atom. The first-order chi connectivity index (χ1) is 10.5. The number of amides is 3. The zero-order valence-electron chi connectivity index (χ0n) is 12.0. The summed E-state index contributed by atoms with van der Waals surface area (Å²) in [4.78, 5) is 24.7. The maximum atomic E-state index is 12.4. The Labute approximate surface area is 133 Å². The van der Waals surface area contributed by atoms with Crippen molar-refractivity contribution in [2.75, 3.05) is 12.4 Å². The number of carbonyl (C=O) groups is 2. The molecule has 0 aliphatic carbocycles. The molecular weight excluding hydrogens is 302 g/mol. The summed E-state index contributed by atoms with van der Waals surface area (Å²) in [6.07, 6.45) is 0. The van der Waals surface area contributed by atoms with Crippen molar-refractivity contribution in [2.24, 2.45) is 5.73 Å². The van der Waals surface area contributed by atoms with Crippen LogP contribution in [0.4, 0.5) is 10.5 Å². The fourth-order valence-corrected chi connectivity index (χ4v) is 2.21. The summed E-state index contributed by atoms with van der Waals surface area (Å²) in [5.41, 5.74) is 6.97. The predicted molar refractivity (Wildman–Crippen MR) is 86.9 cm³/mol. The van der Waals surface area contributed by atoms with Gasteiger partial charge in [0, 0.05) is 29.9 Å². The molecule has 0 unspecified atom stereocenters. The summed E-state index contributed by atoms with van der Waals surface area (Å²) in [6.45, 7) is 0.416. The van der Waals surface area contributed by atoms with Gasteiger partial charge in [-0.05, 0) is 35.9 Å². The third-order valence-electron chi connectivity index (χ3n) is 3.11. The Morgan fingerprint density at radius 1 is 1.14 bits per heavy atom. The van der Waals surface area contributed by atoms with Gasteiger partial charge in [-0.25, -0.2) is 4.79 Å². The lowest BCUT2D eigenvalue weighted by atomic mass is 10.1. The number of nitrogens with one attached hydrogen (secondary N) is 1. The molecule has 2 aromatic rings. The second-order valence-electron chi connectivity index (χ2n) is 4.82. The van der Waals surface area contributed by atoms with Gasteiger partial charge in [-0.1, -0.05) is 29.8 Å². The van der Waals surface area contributed by atoms with Gasteiger partial charge in [0.15, 0.2) is 0 Å². The van der Waals surface area contributed by atoms with Gasteiger partial charge in [0.2, 0.25) is 0 Å². The molecule has 0 heterocycles. The number of rotatable bonds is 4. The summed E-state index contributed by atoms with van der Waals surface area (Å²) >= 11 is 6.10. The Kier molecular flexibility index (Phi) is 5.01. The average molecular weight is 318 g/mol. The lowest BCUT2D eigenvalue weighted by molar-refractivity contribution is 0.0785. The third kappa shape index (κ3) is 3.99. The van der Waals surface area contributed by atoms with Crippen LogP contribution < -0.4 is 11.1 Å². The van der Waals surface area contributed by atoms with Crippen molar-refractivity contribution in [3.8, 4) is 0 Å². The molecular formula is C16H16ClN3O2. The minimum Gasteiger partial charge on any atom is -0.351 e. The first kappa shape index (κ1) is 15.9. The molecule has 3 N–H and O–H groups in total. The van der Waals surface area contributed by atoms with Crippen LogP contribution >= 0.6 is 11.6 Å². The molecule has 0 saturated heterocycles. The van der Waals surface area contributed by atoms with E-state index in [2.05, 4.69) is 5.32 Å². The van der Waals surface area contributed by atoms with Crippen molar-refractivity contribution >= 4 is 29.2 Å². The van der Waals surface area contributed by atoms with Gasteiger partial charge >= 0.3 is 6.03 Å². The standard InChI is InChI=1S/C16H16ClN3O2/c1-20(10-12-4-2-3-5-14(12)17)15(21)11-6-8-13(9-7-11)19-16(18)22/h2-9H,10H2,1H3,(H3,18,19,22). The van der Waals surface area contributed by atoms with Crippen LogP contribution in [0.2, 0.25) is 5.02 Å². The summed E-state index contributed by atoms with van der Waals surface area (Å²) in [6, 6.07) is 13.3. The molecule has 0 bridgehead atoms. The molecule has 0 fully saturated rings. The van der Waals surface area contributed by atoms with Crippen molar-refractivity contribution in [3.05, 3.63) is 64.7 Å². The highest BCUT2D eigenvalue weighted by atomic mass is 35.5. The van der Waals surface area contributed by atoms with Gasteiger partial charge in [0.05, 0.1) is 0 Å². The quantitative estimate of drug-likeness (QED) is 0.909. The Hall–Kier alpha value is -2.53.